The summed E-state index contributed by atoms with van der Waals surface area (Å²) in [4.78, 5) is 15.4. The number of benzene rings is 2. The Labute approximate surface area is 188 Å². The minimum Gasteiger partial charge on any atom is -0.378 e. The average Bonchev–Trinajstić information content (AvgIpc) is 2.80. The molecule has 4 rings (SSSR count). The van der Waals surface area contributed by atoms with E-state index >= 15 is 0 Å². The van der Waals surface area contributed by atoms with Gasteiger partial charge in [0.15, 0.2) is 0 Å². The quantitative estimate of drug-likeness (QED) is 0.736. The van der Waals surface area contributed by atoms with Gasteiger partial charge in [-0.3, -0.25) is 4.79 Å². The third-order valence-corrected chi connectivity index (χ3v) is 7.85. The lowest BCUT2D eigenvalue weighted by molar-refractivity contribution is -0.120. The molecule has 0 aliphatic carbocycles. The molecule has 7 nitrogen and oxygen atoms in total. The van der Waals surface area contributed by atoms with E-state index in [1.807, 2.05) is 24.3 Å². The van der Waals surface area contributed by atoms with Crippen molar-refractivity contribution in [3.05, 3.63) is 53.6 Å². The van der Waals surface area contributed by atoms with Crippen molar-refractivity contribution in [3.8, 4) is 0 Å². The number of halogens is 1. The first-order valence-electron chi connectivity index (χ1n) is 10.4. The van der Waals surface area contributed by atoms with Crippen molar-refractivity contribution in [2.75, 3.05) is 49.6 Å². The van der Waals surface area contributed by atoms with Gasteiger partial charge in [-0.15, -0.1) is 0 Å². The molecule has 2 fully saturated rings. The van der Waals surface area contributed by atoms with Gasteiger partial charge in [-0.25, -0.2) is 8.42 Å². The number of ether oxygens (including phenoxy) is 1. The second-order valence-corrected chi connectivity index (χ2v) is 10.1. The van der Waals surface area contributed by atoms with Crippen LogP contribution in [0.4, 0.5) is 11.4 Å². The summed E-state index contributed by atoms with van der Waals surface area (Å²) in [6.45, 7) is 3.41. The van der Waals surface area contributed by atoms with Crippen molar-refractivity contribution >= 4 is 38.9 Å². The molecular weight excluding hydrogens is 438 g/mol. The molecule has 1 amide bonds. The molecule has 0 saturated carbocycles. The fourth-order valence-electron chi connectivity index (χ4n) is 4.02. The largest absolute Gasteiger partial charge is 0.378 e. The Hall–Kier alpha value is -2.13. The lowest BCUT2D eigenvalue weighted by atomic mass is 9.98. The zero-order valence-electron chi connectivity index (χ0n) is 17.2. The Balaban J connectivity index is 1.47. The van der Waals surface area contributed by atoms with E-state index in [9.17, 15) is 13.2 Å². The number of anilines is 2. The molecule has 0 aromatic heterocycles. The summed E-state index contributed by atoms with van der Waals surface area (Å²) >= 11 is 5.89. The highest BCUT2D eigenvalue weighted by molar-refractivity contribution is 7.89. The molecule has 2 aromatic carbocycles. The fraction of sp³-hybridized carbons (Fsp3) is 0.409. The second-order valence-electron chi connectivity index (χ2n) is 7.76. The molecule has 0 radical (unpaired) electrons. The van der Waals surface area contributed by atoms with E-state index in [0.29, 0.717) is 37.6 Å². The molecule has 2 heterocycles. The SMILES string of the molecule is O=C(Nc1ccccc1N1CCOCC1)[C@@H]1CCCN(S(=O)(=O)c2ccc(Cl)cc2)C1. The van der Waals surface area contributed by atoms with Gasteiger partial charge in [-0.1, -0.05) is 23.7 Å². The summed E-state index contributed by atoms with van der Waals surface area (Å²) in [6.07, 6.45) is 1.29. The number of hydrogen-bond donors (Lipinski definition) is 1. The molecule has 2 aliphatic rings. The maximum absolute atomic E-state index is 13.1. The first kappa shape index (κ1) is 22.1. The molecule has 1 N–H and O–H groups in total. The van der Waals surface area contributed by atoms with Crippen LogP contribution in [0.3, 0.4) is 0 Å². The molecule has 1 atom stereocenters. The number of rotatable bonds is 5. The van der Waals surface area contributed by atoms with Crippen LogP contribution in [0.25, 0.3) is 0 Å². The Morgan fingerprint density at radius 1 is 1.03 bits per heavy atom. The van der Waals surface area contributed by atoms with E-state index in [4.69, 9.17) is 16.3 Å². The summed E-state index contributed by atoms with van der Waals surface area (Å²) in [5.74, 6) is -0.565. The molecule has 0 unspecified atom stereocenters. The summed E-state index contributed by atoms with van der Waals surface area (Å²) in [7, 11) is -3.67. The average molecular weight is 464 g/mol. The Kier molecular flexibility index (Phi) is 6.81. The monoisotopic (exact) mass is 463 g/mol. The van der Waals surface area contributed by atoms with Gasteiger partial charge in [-0.05, 0) is 49.2 Å². The van der Waals surface area contributed by atoms with Crippen LogP contribution in [0.2, 0.25) is 5.02 Å². The van der Waals surface area contributed by atoms with E-state index in [1.165, 1.54) is 16.4 Å². The van der Waals surface area contributed by atoms with E-state index in [1.54, 1.807) is 12.1 Å². The van der Waals surface area contributed by atoms with Crippen molar-refractivity contribution in [1.82, 2.24) is 4.31 Å². The number of amides is 1. The molecular formula is C22H26ClN3O4S. The smallest absolute Gasteiger partial charge is 0.243 e. The van der Waals surface area contributed by atoms with Crippen LogP contribution in [0.1, 0.15) is 12.8 Å². The zero-order chi connectivity index (χ0) is 21.8. The van der Waals surface area contributed by atoms with Gasteiger partial charge in [0.1, 0.15) is 0 Å². The van der Waals surface area contributed by atoms with Crippen molar-refractivity contribution in [2.24, 2.45) is 5.92 Å². The molecule has 2 aromatic rings. The number of piperidine rings is 1. The van der Waals surface area contributed by atoms with Gasteiger partial charge in [-0.2, -0.15) is 4.31 Å². The van der Waals surface area contributed by atoms with Crippen LogP contribution in [0.15, 0.2) is 53.4 Å². The highest BCUT2D eigenvalue weighted by Crippen LogP contribution is 2.29. The minimum absolute atomic E-state index is 0.156. The predicted molar refractivity (Wildman–Crippen MR) is 121 cm³/mol. The van der Waals surface area contributed by atoms with Crippen molar-refractivity contribution in [2.45, 2.75) is 17.7 Å². The number of nitrogens with zero attached hydrogens (tertiary/aromatic N) is 2. The summed E-state index contributed by atoms with van der Waals surface area (Å²) < 4.78 is 32.9. The van der Waals surface area contributed by atoms with Gasteiger partial charge in [0.2, 0.25) is 15.9 Å². The normalized spacial score (nSPS) is 20.4. The third kappa shape index (κ3) is 5.03. The van der Waals surface area contributed by atoms with E-state index in [0.717, 1.165) is 24.5 Å². The molecule has 0 bridgehead atoms. The first-order valence-corrected chi connectivity index (χ1v) is 12.3. The maximum atomic E-state index is 13.1. The topological polar surface area (TPSA) is 79.0 Å². The van der Waals surface area contributed by atoms with Gasteiger partial charge < -0.3 is 15.0 Å². The third-order valence-electron chi connectivity index (χ3n) is 5.72. The van der Waals surface area contributed by atoms with Crippen LogP contribution in [-0.4, -0.2) is 58.0 Å². The van der Waals surface area contributed by atoms with Gasteiger partial charge in [0.05, 0.1) is 35.4 Å². The molecule has 0 spiro atoms. The summed E-state index contributed by atoms with van der Waals surface area (Å²) in [5, 5.41) is 3.52. The van der Waals surface area contributed by atoms with E-state index in [2.05, 4.69) is 10.2 Å². The molecule has 166 valence electrons. The first-order chi connectivity index (χ1) is 14.9. The van der Waals surface area contributed by atoms with E-state index < -0.39 is 15.9 Å². The Morgan fingerprint density at radius 3 is 2.48 bits per heavy atom. The van der Waals surface area contributed by atoms with Crippen molar-refractivity contribution in [1.29, 1.82) is 0 Å². The molecule has 31 heavy (non-hydrogen) atoms. The molecule has 2 saturated heterocycles. The number of hydrogen-bond acceptors (Lipinski definition) is 5. The number of morpholine rings is 1. The van der Waals surface area contributed by atoms with Gasteiger partial charge in [0, 0.05) is 31.2 Å². The summed E-state index contributed by atoms with van der Waals surface area (Å²) in [6, 6.07) is 13.8. The van der Waals surface area contributed by atoms with Gasteiger partial charge >= 0.3 is 0 Å². The van der Waals surface area contributed by atoms with Crippen LogP contribution in [0, 0.1) is 5.92 Å². The number of nitrogens with one attached hydrogen (secondary N) is 1. The highest BCUT2D eigenvalue weighted by atomic mass is 35.5. The highest BCUT2D eigenvalue weighted by Gasteiger charge is 2.33. The molecule has 9 heteroatoms. The van der Waals surface area contributed by atoms with Crippen molar-refractivity contribution in [3.63, 3.8) is 0 Å². The Bertz CT molecular complexity index is 1020. The molecule has 2 aliphatic heterocycles. The lowest BCUT2D eigenvalue weighted by Gasteiger charge is -2.33. The predicted octanol–water partition coefficient (Wildman–Crippen LogP) is 3.22. The van der Waals surface area contributed by atoms with Crippen molar-refractivity contribution < 1.29 is 17.9 Å². The van der Waals surface area contributed by atoms with Crippen LogP contribution >= 0.6 is 11.6 Å². The minimum atomic E-state index is -3.67. The standard InChI is InChI=1S/C22H26ClN3O4S/c23-18-7-9-19(10-8-18)31(28,29)26-11-3-4-17(16-26)22(27)24-20-5-1-2-6-21(20)25-12-14-30-15-13-25/h1-2,5-10,17H,3-4,11-16H2,(H,24,27)/t17-/m1/s1. The van der Waals surface area contributed by atoms with Crippen LogP contribution in [0.5, 0.6) is 0 Å². The summed E-state index contributed by atoms with van der Waals surface area (Å²) in [5.41, 5.74) is 1.70. The lowest BCUT2D eigenvalue weighted by Crippen LogP contribution is -2.44. The Morgan fingerprint density at radius 2 is 1.74 bits per heavy atom. The second kappa shape index (κ2) is 9.56. The van der Waals surface area contributed by atoms with Crippen LogP contribution < -0.4 is 10.2 Å². The maximum Gasteiger partial charge on any atom is 0.243 e. The van der Waals surface area contributed by atoms with Gasteiger partial charge in [0.25, 0.3) is 0 Å². The number of carbonyl (C=O) groups excluding carboxylic acids is 1. The number of carbonyl (C=O) groups is 1. The fourth-order valence-corrected chi connectivity index (χ4v) is 5.67. The zero-order valence-corrected chi connectivity index (χ0v) is 18.7. The number of para-hydroxylation sites is 2. The van der Waals surface area contributed by atoms with Crippen LogP contribution in [-0.2, 0) is 19.6 Å². The number of sulfonamides is 1. The van der Waals surface area contributed by atoms with E-state index in [-0.39, 0.29) is 17.3 Å².